The summed E-state index contributed by atoms with van der Waals surface area (Å²) in [7, 11) is 0. The molecule has 4 heteroatoms. The first kappa shape index (κ1) is 14.2. The van der Waals surface area contributed by atoms with E-state index in [0.717, 1.165) is 17.1 Å². The molecular weight excluding hydrogens is 234 g/mol. The molecular formula is C13H21NO2S. The van der Waals surface area contributed by atoms with Crippen LogP contribution >= 0.6 is 11.3 Å². The second-order valence-corrected chi connectivity index (χ2v) is 6.22. The smallest absolute Gasteiger partial charge is 0.306 e. The highest BCUT2D eigenvalue weighted by molar-refractivity contribution is 7.09. The van der Waals surface area contributed by atoms with Gasteiger partial charge in [-0.3, -0.25) is 4.79 Å². The fraction of sp³-hybridized carbons (Fsp3) is 0.692. The number of aromatic nitrogens is 1. The SMILES string of the molecule is CCOC(=O)CCc1csc(CC(C)(C)C)n1. The minimum atomic E-state index is -0.141. The van der Waals surface area contributed by atoms with Gasteiger partial charge in [-0.15, -0.1) is 11.3 Å². The molecule has 1 aromatic heterocycles. The molecule has 0 saturated carbocycles. The number of hydrogen-bond donors (Lipinski definition) is 0. The summed E-state index contributed by atoms with van der Waals surface area (Å²) in [6.45, 7) is 8.87. The molecule has 1 aromatic rings. The van der Waals surface area contributed by atoms with Gasteiger partial charge in [0.25, 0.3) is 0 Å². The van der Waals surface area contributed by atoms with Crippen LogP contribution in [-0.4, -0.2) is 17.6 Å². The van der Waals surface area contributed by atoms with E-state index < -0.39 is 0 Å². The average molecular weight is 255 g/mol. The van der Waals surface area contributed by atoms with Crippen molar-refractivity contribution >= 4 is 17.3 Å². The van der Waals surface area contributed by atoms with E-state index in [0.29, 0.717) is 19.4 Å². The predicted octanol–water partition coefficient (Wildman–Crippen LogP) is 3.23. The Hall–Kier alpha value is -0.900. The summed E-state index contributed by atoms with van der Waals surface area (Å²) in [4.78, 5) is 15.7. The van der Waals surface area contributed by atoms with Crippen LogP contribution in [0, 0.1) is 5.41 Å². The van der Waals surface area contributed by atoms with Crippen molar-refractivity contribution in [3.8, 4) is 0 Å². The number of rotatable bonds is 5. The standard InChI is InChI=1S/C13H21NO2S/c1-5-16-12(15)7-6-10-9-17-11(14-10)8-13(2,3)4/h9H,5-8H2,1-4H3. The molecule has 0 aromatic carbocycles. The van der Waals surface area contributed by atoms with E-state index in [2.05, 4.69) is 25.8 Å². The summed E-state index contributed by atoms with van der Waals surface area (Å²) in [6, 6.07) is 0. The van der Waals surface area contributed by atoms with Gasteiger partial charge in [0.05, 0.1) is 23.7 Å². The summed E-state index contributed by atoms with van der Waals surface area (Å²) >= 11 is 1.68. The Morgan fingerprint density at radius 1 is 1.47 bits per heavy atom. The molecule has 0 aliphatic rings. The van der Waals surface area contributed by atoms with Gasteiger partial charge in [0.2, 0.25) is 0 Å². The summed E-state index contributed by atoms with van der Waals surface area (Å²) in [5.74, 6) is -0.141. The number of thiazole rings is 1. The molecule has 96 valence electrons. The van der Waals surface area contributed by atoms with Gasteiger partial charge in [-0.1, -0.05) is 20.8 Å². The normalized spacial score (nSPS) is 11.5. The lowest BCUT2D eigenvalue weighted by molar-refractivity contribution is -0.143. The van der Waals surface area contributed by atoms with Crippen LogP contribution < -0.4 is 0 Å². The van der Waals surface area contributed by atoms with Gasteiger partial charge in [-0.25, -0.2) is 4.98 Å². The second kappa shape index (κ2) is 6.15. The van der Waals surface area contributed by atoms with Crippen molar-refractivity contribution in [3.63, 3.8) is 0 Å². The highest BCUT2D eigenvalue weighted by Gasteiger charge is 2.14. The number of aryl methyl sites for hydroxylation is 1. The summed E-state index contributed by atoms with van der Waals surface area (Å²) in [5, 5.41) is 3.19. The number of ether oxygens (including phenoxy) is 1. The number of nitrogens with zero attached hydrogens (tertiary/aromatic N) is 1. The zero-order chi connectivity index (χ0) is 12.9. The molecule has 0 radical (unpaired) electrons. The third-order valence-corrected chi connectivity index (χ3v) is 3.07. The number of carbonyl (C=O) groups excluding carboxylic acids is 1. The van der Waals surface area contributed by atoms with Crippen molar-refractivity contribution in [2.45, 2.75) is 47.0 Å². The molecule has 0 bridgehead atoms. The van der Waals surface area contributed by atoms with Crippen LogP contribution in [0.5, 0.6) is 0 Å². The Balaban J connectivity index is 2.43. The summed E-state index contributed by atoms with van der Waals surface area (Å²) in [6.07, 6.45) is 2.09. The molecule has 3 nitrogen and oxygen atoms in total. The fourth-order valence-corrected chi connectivity index (χ4v) is 2.59. The third kappa shape index (κ3) is 5.82. The zero-order valence-electron chi connectivity index (χ0n) is 11.1. The molecule has 0 unspecified atom stereocenters. The molecule has 1 rings (SSSR count). The molecule has 0 amide bonds. The van der Waals surface area contributed by atoms with Gasteiger partial charge >= 0.3 is 5.97 Å². The Morgan fingerprint density at radius 2 is 2.18 bits per heavy atom. The van der Waals surface area contributed by atoms with E-state index in [1.807, 2.05) is 12.3 Å². The van der Waals surface area contributed by atoms with E-state index in [9.17, 15) is 4.79 Å². The van der Waals surface area contributed by atoms with Crippen LogP contribution in [0.4, 0.5) is 0 Å². The Bertz CT molecular complexity index is 366. The first-order valence-corrected chi connectivity index (χ1v) is 6.87. The topological polar surface area (TPSA) is 39.2 Å². The van der Waals surface area contributed by atoms with E-state index in [1.165, 1.54) is 0 Å². The van der Waals surface area contributed by atoms with Crippen molar-refractivity contribution in [1.82, 2.24) is 4.98 Å². The van der Waals surface area contributed by atoms with E-state index in [-0.39, 0.29) is 11.4 Å². The van der Waals surface area contributed by atoms with Crippen molar-refractivity contribution < 1.29 is 9.53 Å². The number of hydrogen-bond acceptors (Lipinski definition) is 4. The zero-order valence-corrected chi connectivity index (χ0v) is 11.9. The minimum Gasteiger partial charge on any atom is -0.466 e. The quantitative estimate of drug-likeness (QED) is 0.758. The molecule has 0 saturated heterocycles. The minimum absolute atomic E-state index is 0.141. The van der Waals surface area contributed by atoms with Crippen molar-refractivity contribution in [2.24, 2.45) is 5.41 Å². The monoisotopic (exact) mass is 255 g/mol. The predicted molar refractivity (Wildman–Crippen MR) is 70.2 cm³/mol. The number of carbonyl (C=O) groups is 1. The van der Waals surface area contributed by atoms with Gasteiger partial charge in [0, 0.05) is 18.2 Å². The highest BCUT2D eigenvalue weighted by atomic mass is 32.1. The lowest BCUT2D eigenvalue weighted by Crippen LogP contribution is -2.09. The van der Waals surface area contributed by atoms with Crippen LogP contribution in [0.2, 0.25) is 0 Å². The van der Waals surface area contributed by atoms with Crippen LogP contribution in [0.3, 0.4) is 0 Å². The molecule has 17 heavy (non-hydrogen) atoms. The van der Waals surface area contributed by atoms with Crippen molar-refractivity contribution in [3.05, 3.63) is 16.1 Å². The molecule has 0 spiro atoms. The third-order valence-electron chi connectivity index (χ3n) is 2.17. The van der Waals surface area contributed by atoms with E-state index in [4.69, 9.17) is 4.74 Å². The fourth-order valence-electron chi connectivity index (χ4n) is 1.46. The average Bonchev–Trinajstić information content (AvgIpc) is 2.60. The van der Waals surface area contributed by atoms with Crippen molar-refractivity contribution in [2.75, 3.05) is 6.61 Å². The molecule has 0 aliphatic heterocycles. The van der Waals surface area contributed by atoms with Crippen LogP contribution in [0.25, 0.3) is 0 Å². The lowest BCUT2D eigenvalue weighted by Gasteiger charge is -2.15. The molecule has 0 atom stereocenters. The van der Waals surface area contributed by atoms with Gasteiger partial charge in [0.1, 0.15) is 0 Å². The molecule has 0 fully saturated rings. The Kier molecular flexibility index (Phi) is 5.12. The van der Waals surface area contributed by atoms with Gasteiger partial charge in [-0.05, 0) is 12.3 Å². The Labute approximate surface area is 107 Å². The van der Waals surface area contributed by atoms with Crippen LogP contribution in [0.1, 0.15) is 44.8 Å². The van der Waals surface area contributed by atoms with Gasteiger partial charge < -0.3 is 4.74 Å². The van der Waals surface area contributed by atoms with Crippen molar-refractivity contribution in [1.29, 1.82) is 0 Å². The maximum Gasteiger partial charge on any atom is 0.306 e. The first-order valence-electron chi connectivity index (χ1n) is 5.99. The summed E-state index contributed by atoms with van der Waals surface area (Å²) < 4.78 is 4.89. The largest absolute Gasteiger partial charge is 0.466 e. The Morgan fingerprint density at radius 3 is 2.76 bits per heavy atom. The van der Waals surface area contributed by atoms with E-state index >= 15 is 0 Å². The lowest BCUT2D eigenvalue weighted by atomic mass is 9.93. The van der Waals surface area contributed by atoms with E-state index in [1.54, 1.807) is 11.3 Å². The second-order valence-electron chi connectivity index (χ2n) is 5.28. The first-order chi connectivity index (χ1) is 7.90. The summed E-state index contributed by atoms with van der Waals surface area (Å²) in [5.41, 5.74) is 1.26. The van der Waals surface area contributed by atoms with Gasteiger partial charge in [-0.2, -0.15) is 0 Å². The number of esters is 1. The van der Waals surface area contributed by atoms with Gasteiger partial charge in [0.15, 0.2) is 0 Å². The van der Waals surface area contributed by atoms with Crippen LogP contribution in [0.15, 0.2) is 5.38 Å². The maximum absolute atomic E-state index is 11.2. The molecule has 1 heterocycles. The van der Waals surface area contributed by atoms with Crippen LogP contribution in [-0.2, 0) is 22.4 Å². The maximum atomic E-state index is 11.2. The molecule has 0 N–H and O–H groups in total. The highest BCUT2D eigenvalue weighted by Crippen LogP contribution is 2.23. The molecule has 0 aliphatic carbocycles.